The van der Waals surface area contributed by atoms with Crippen molar-refractivity contribution in [3.8, 4) is 0 Å². The number of pyridine rings is 1. The summed E-state index contributed by atoms with van der Waals surface area (Å²) in [6.45, 7) is 0. The molecule has 0 unspecified atom stereocenters. The highest BCUT2D eigenvalue weighted by molar-refractivity contribution is 7.93. The molecule has 1 aromatic carbocycles. The maximum absolute atomic E-state index is 13.2. The van der Waals surface area contributed by atoms with Crippen molar-refractivity contribution in [3.05, 3.63) is 48.4 Å². The lowest BCUT2D eigenvalue weighted by Gasteiger charge is -2.20. The highest BCUT2D eigenvalue weighted by atomic mass is 32.2. The number of nitrogens with one attached hydrogen (secondary N) is 1. The molecule has 1 N–H and O–H groups in total. The quantitative estimate of drug-likeness (QED) is 0.938. The summed E-state index contributed by atoms with van der Waals surface area (Å²) >= 11 is 0. The lowest BCUT2D eigenvalue weighted by atomic mass is 10.3. The van der Waals surface area contributed by atoms with Crippen LogP contribution in [0.5, 0.6) is 0 Å². The first-order valence-electron chi connectivity index (χ1n) is 5.84. The lowest BCUT2D eigenvalue weighted by molar-refractivity contribution is 0.594. The zero-order valence-electron chi connectivity index (χ0n) is 11.0. The maximum Gasteiger partial charge on any atom is 0.267 e. The van der Waals surface area contributed by atoms with Crippen LogP contribution in [0.4, 0.5) is 15.9 Å². The summed E-state index contributed by atoms with van der Waals surface area (Å²) in [5.74, 6) is -0.250. The molecular weight excluding hydrogens is 281 g/mol. The number of hydrogen-bond acceptors (Lipinski definition) is 4. The van der Waals surface area contributed by atoms with Gasteiger partial charge in [0.25, 0.3) is 10.0 Å². The molecule has 0 fully saturated rings. The Hall–Kier alpha value is -2.15. The molecule has 0 aliphatic carbocycles. The van der Waals surface area contributed by atoms with E-state index in [1.54, 1.807) is 7.05 Å². The Morgan fingerprint density at radius 1 is 1.25 bits per heavy atom. The fraction of sp³-hybridized carbons (Fsp3) is 0.154. The minimum atomic E-state index is -3.81. The number of sulfonamides is 1. The Bertz CT molecular complexity index is 719. The van der Waals surface area contributed by atoms with Crippen LogP contribution in [-0.4, -0.2) is 27.5 Å². The summed E-state index contributed by atoms with van der Waals surface area (Å²) in [5, 5.41) is 2.73. The second-order valence-electron chi connectivity index (χ2n) is 4.05. The third-order valence-electron chi connectivity index (χ3n) is 2.82. The van der Waals surface area contributed by atoms with Gasteiger partial charge in [0, 0.05) is 20.3 Å². The third-order valence-corrected chi connectivity index (χ3v) is 4.63. The van der Waals surface area contributed by atoms with E-state index in [-0.39, 0.29) is 16.4 Å². The minimum absolute atomic E-state index is 0.0364. The maximum atomic E-state index is 13.2. The van der Waals surface area contributed by atoms with Crippen molar-refractivity contribution in [1.82, 2.24) is 4.98 Å². The molecule has 2 rings (SSSR count). The number of aromatic nitrogens is 1. The fourth-order valence-corrected chi connectivity index (χ4v) is 3.08. The SMILES string of the molecule is CNc1ncccc1S(=O)(=O)N(C)c1cccc(F)c1. The molecule has 7 heteroatoms. The van der Waals surface area contributed by atoms with Crippen LogP contribution >= 0.6 is 0 Å². The molecule has 0 atom stereocenters. The van der Waals surface area contributed by atoms with Gasteiger partial charge in [0.2, 0.25) is 0 Å². The largest absolute Gasteiger partial charge is 0.372 e. The van der Waals surface area contributed by atoms with Crippen LogP contribution < -0.4 is 9.62 Å². The van der Waals surface area contributed by atoms with Crippen molar-refractivity contribution in [1.29, 1.82) is 0 Å². The van der Waals surface area contributed by atoms with Crippen LogP contribution in [0.2, 0.25) is 0 Å². The van der Waals surface area contributed by atoms with E-state index in [9.17, 15) is 12.8 Å². The van der Waals surface area contributed by atoms with E-state index in [1.807, 2.05) is 0 Å². The Labute approximate surface area is 117 Å². The van der Waals surface area contributed by atoms with Gasteiger partial charge in [-0.25, -0.2) is 17.8 Å². The van der Waals surface area contributed by atoms with Crippen LogP contribution in [0.25, 0.3) is 0 Å². The van der Waals surface area contributed by atoms with Gasteiger partial charge in [-0.2, -0.15) is 0 Å². The van der Waals surface area contributed by atoms with Gasteiger partial charge in [0.05, 0.1) is 5.69 Å². The van der Waals surface area contributed by atoms with E-state index in [4.69, 9.17) is 0 Å². The number of hydrogen-bond donors (Lipinski definition) is 1. The first kappa shape index (κ1) is 14.3. The van der Waals surface area contributed by atoms with Gasteiger partial charge in [-0.15, -0.1) is 0 Å². The van der Waals surface area contributed by atoms with Crippen molar-refractivity contribution >= 4 is 21.5 Å². The van der Waals surface area contributed by atoms with Gasteiger partial charge >= 0.3 is 0 Å². The number of benzene rings is 1. The normalized spacial score (nSPS) is 11.2. The smallest absolute Gasteiger partial charge is 0.267 e. The molecule has 0 aliphatic rings. The topological polar surface area (TPSA) is 62.3 Å². The number of nitrogens with zero attached hydrogens (tertiary/aromatic N) is 2. The molecular formula is C13H14FN3O2S. The minimum Gasteiger partial charge on any atom is -0.372 e. The molecule has 1 aromatic heterocycles. The monoisotopic (exact) mass is 295 g/mol. The van der Waals surface area contributed by atoms with E-state index < -0.39 is 15.8 Å². The van der Waals surface area contributed by atoms with Crippen LogP contribution in [0.15, 0.2) is 47.5 Å². The van der Waals surface area contributed by atoms with Gasteiger partial charge in [-0.1, -0.05) is 6.07 Å². The molecule has 0 amide bonds. The molecule has 5 nitrogen and oxygen atoms in total. The molecule has 0 saturated carbocycles. The number of halogens is 1. The Balaban J connectivity index is 2.50. The summed E-state index contributed by atoms with van der Waals surface area (Å²) in [6, 6.07) is 8.38. The predicted octanol–water partition coefficient (Wildman–Crippen LogP) is 2.09. The van der Waals surface area contributed by atoms with Gasteiger partial charge in [-0.05, 0) is 30.3 Å². The molecule has 0 bridgehead atoms. The van der Waals surface area contributed by atoms with Crippen molar-refractivity contribution in [2.75, 3.05) is 23.7 Å². The highest BCUT2D eigenvalue weighted by Gasteiger charge is 2.24. The molecule has 2 aromatic rings. The average molecular weight is 295 g/mol. The molecule has 0 radical (unpaired) electrons. The zero-order chi connectivity index (χ0) is 14.8. The van der Waals surface area contributed by atoms with Crippen molar-refractivity contribution in [2.45, 2.75) is 4.90 Å². The van der Waals surface area contributed by atoms with Gasteiger partial charge in [0.1, 0.15) is 16.5 Å². The third kappa shape index (κ3) is 2.57. The Kier molecular flexibility index (Phi) is 3.89. The average Bonchev–Trinajstić information content (AvgIpc) is 2.46. The second kappa shape index (κ2) is 5.46. The van der Waals surface area contributed by atoms with Gasteiger partial charge in [0.15, 0.2) is 0 Å². The summed E-state index contributed by atoms with van der Waals surface area (Å²) in [5.41, 5.74) is 0.246. The number of anilines is 2. The van der Waals surface area contributed by atoms with Crippen LogP contribution in [0, 0.1) is 5.82 Å². The van der Waals surface area contributed by atoms with Crippen LogP contribution in [-0.2, 0) is 10.0 Å². The van der Waals surface area contributed by atoms with E-state index in [0.717, 1.165) is 10.4 Å². The fourth-order valence-electron chi connectivity index (χ4n) is 1.74. The van der Waals surface area contributed by atoms with E-state index >= 15 is 0 Å². The first-order valence-corrected chi connectivity index (χ1v) is 7.28. The summed E-state index contributed by atoms with van der Waals surface area (Å²) in [4.78, 5) is 4.00. The standard InChI is InChI=1S/C13H14FN3O2S/c1-15-13-12(7-4-8-16-13)20(18,19)17(2)11-6-3-5-10(14)9-11/h3-9H,1-2H3,(H,15,16). The molecule has 0 spiro atoms. The zero-order valence-corrected chi connectivity index (χ0v) is 11.9. The molecule has 1 heterocycles. The van der Waals surface area contributed by atoms with E-state index in [1.165, 1.54) is 43.6 Å². The summed E-state index contributed by atoms with van der Waals surface area (Å²) in [6.07, 6.45) is 1.49. The number of rotatable bonds is 4. The van der Waals surface area contributed by atoms with Gasteiger partial charge in [-0.3, -0.25) is 4.31 Å². The van der Waals surface area contributed by atoms with Crippen molar-refractivity contribution < 1.29 is 12.8 Å². The van der Waals surface area contributed by atoms with Crippen molar-refractivity contribution in [2.24, 2.45) is 0 Å². The summed E-state index contributed by atoms with van der Waals surface area (Å²) < 4.78 is 39.3. The van der Waals surface area contributed by atoms with Crippen LogP contribution in [0.1, 0.15) is 0 Å². The lowest BCUT2D eigenvalue weighted by Crippen LogP contribution is -2.27. The first-order chi connectivity index (χ1) is 9.46. The molecule has 0 aliphatic heterocycles. The highest BCUT2D eigenvalue weighted by Crippen LogP contribution is 2.25. The molecule has 20 heavy (non-hydrogen) atoms. The Morgan fingerprint density at radius 3 is 2.65 bits per heavy atom. The van der Waals surface area contributed by atoms with Crippen molar-refractivity contribution in [3.63, 3.8) is 0 Å². The summed E-state index contributed by atoms with van der Waals surface area (Å²) in [7, 11) is -0.851. The van der Waals surface area contributed by atoms with Gasteiger partial charge < -0.3 is 5.32 Å². The molecule has 0 saturated heterocycles. The van der Waals surface area contributed by atoms with E-state index in [0.29, 0.717) is 0 Å². The predicted molar refractivity (Wildman–Crippen MR) is 75.8 cm³/mol. The van der Waals surface area contributed by atoms with E-state index in [2.05, 4.69) is 10.3 Å². The second-order valence-corrected chi connectivity index (χ2v) is 5.99. The Morgan fingerprint density at radius 2 is 2.00 bits per heavy atom. The van der Waals surface area contributed by atoms with Crippen LogP contribution in [0.3, 0.4) is 0 Å². The molecule has 106 valence electrons.